The van der Waals surface area contributed by atoms with E-state index in [9.17, 15) is 15.0 Å². The molecular formula is C16H27N3O5S. The van der Waals surface area contributed by atoms with Crippen LogP contribution in [0.4, 0.5) is 4.79 Å². The van der Waals surface area contributed by atoms with Gasteiger partial charge in [0.1, 0.15) is 36.4 Å². The molecule has 2 unspecified atom stereocenters. The molecule has 3 heterocycles. The zero-order chi connectivity index (χ0) is 18.0. The minimum Gasteiger partial charge on any atom is -0.447 e. The third kappa shape index (κ3) is 3.89. The molecule has 0 spiro atoms. The lowest BCUT2D eigenvalue weighted by atomic mass is 9.99. The number of hydrogen-bond acceptors (Lipinski definition) is 8. The van der Waals surface area contributed by atoms with Gasteiger partial charge in [-0.1, -0.05) is 11.8 Å². The molecule has 2 fully saturated rings. The van der Waals surface area contributed by atoms with E-state index in [-0.39, 0.29) is 12.0 Å². The highest BCUT2D eigenvalue weighted by Gasteiger charge is 2.49. The fourth-order valence-electron chi connectivity index (χ4n) is 3.34. The lowest BCUT2D eigenvalue weighted by Crippen LogP contribution is -2.56. The van der Waals surface area contributed by atoms with Crippen molar-refractivity contribution in [3.8, 4) is 0 Å². The molecule has 0 radical (unpaired) electrons. The average molecular weight is 373 g/mol. The number of aliphatic hydroxyl groups is 2. The lowest BCUT2D eigenvalue weighted by molar-refractivity contribution is -0.165. The maximum Gasteiger partial charge on any atom is 0.409 e. The Morgan fingerprint density at radius 1 is 1.32 bits per heavy atom. The van der Waals surface area contributed by atoms with Gasteiger partial charge in [-0.15, -0.1) is 0 Å². The van der Waals surface area contributed by atoms with Crippen LogP contribution in [0.1, 0.15) is 26.7 Å². The number of aliphatic imine (C=N–C) groups is 1. The number of amides is 1. The van der Waals surface area contributed by atoms with E-state index in [1.807, 2.05) is 13.8 Å². The lowest BCUT2D eigenvalue weighted by Gasteiger charge is -2.38. The van der Waals surface area contributed by atoms with Gasteiger partial charge in [0.05, 0.1) is 0 Å². The number of carbonyl (C=O) groups excluding carboxylic acids is 1. The summed E-state index contributed by atoms with van der Waals surface area (Å²) in [7, 11) is 0. The molecular weight excluding hydrogens is 346 g/mol. The molecule has 9 heteroatoms. The van der Waals surface area contributed by atoms with Gasteiger partial charge in [-0.2, -0.15) is 0 Å². The third-order valence-corrected chi connectivity index (χ3v) is 6.12. The summed E-state index contributed by atoms with van der Waals surface area (Å²) in [6, 6.07) is -0.481. The fourth-order valence-corrected chi connectivity index (χ4v) is 4.62. The van der Waals surface area contributed by atoms with Crippen molar-refractivity contribution in [2.45, 2.75) is 56.5 Å². The Morgan fingerprint density at radius 2 is 2.00 bits per heavy atom. The number of amidine groups is 1. The van der Waals surface area contributed by atoms with Crippen LogP contribution in [0.15, 0.2) is 4.99 Å². The summed E-state index contributed by atoms with van der Waals surface area (Å²) in [6.45, 7) is 6.70. The Morgan fingerprint density at radius 3 is 2.64 bits per heavy atom. The van der Waals surface area contributed by atoms with E-state index in [1.54, 1.807) is 4.90 Å². The first-order valence-electron chi connectivity index (χ1n) is 8.97. The molecule has 0 aromatic heterocycles. The minimum absolute atomic E-state index is 0.0869. The molecule has 3 aliphatic heterocycles. The van der Waals surface area contributed by atoms with Crippen LogP contribution in [0.25, 0.3) is 0 Å². The van der Waals surface area contributed by atoms with Gasteiger partial charge >= 0.3 is 6.09 Å². The second-order valence-electron chi connectivity index (χ2n) is 6.49. The van der Waals surface area contributed by atoms with Crippen LogP contribution in [0.3, 0.4) is 0 Å². The summed E-state index contributed by atoms with van der Waals surface area (Å²) in [5, 5.41) is 21.6. The summed E-state index contributed by atoms with van der Waals surface area (Å²) >= 11 is 1.48. The highest BCUT2D eigenvalue weighted by molar-refractivity contribution is 8.14. The largest absolute Gasteiger partial charge is 0.447 e. The van der Waals surface area contributed by atoms with Gasteiger partial charge in [-0.25, -0.2) is 4.79 Å². The Bertz CT molecular complexity index is 510. The molecule has 0 saturated carbocycles. The van der Waals surface area contributed by atoms with E-state index in [2.05, 4.69) is 9.89 Å². The van der Waals surface area contributed by atoms with Crippen LogP contribution >= 0.6 is 11.8 Å². The van der Waals surface area contributed by atoms with Crippen LogP contribution in [0.5, 0.6) is 0 Å². The molecule has 0 aromatic carbocycles. The van der Waals surface area contributed by atoms with Gasteiger partial charge in [0.25, 0.3) is 0 Å². The van der Waals surface area contributed by atoms with Crippen molar-refractivity contribution >= 4 is 23.0 Å². The van der Waals surface area contributed by atoms with Crippen molar-refractivity contribution in [1.29, 1.82) is 0 Å². The van der Waals surface area contributed by atoms with Crippen LogP contribution in [0, 0.1) is 0 Å². The van der Waals surface area contributed by atoms with Gasteiger partial charge in [0.2, 0.25) is 0 Å². The van der Waals surface area contributed by atoms with E-state index in [4.69, 9.17) is 9.47 Å². The van der Waals surface area contributed by atoms with E-state index >= 15 is 0 Å². The number of hydrogen-bond donors (Lipinski definition) is 2. The molecule has 3 aliphatic rings. The molecule has 0 aliphatic carbocycles. The summed E-state index contributed by atoms with van der Waals surface area (Å²) in [5.74, 6) is 0. The highest BCUT2D eigenvalue weighted by Crippen LogP contribution is 2.38. The molecule has 3 rings (SSSR count). The average Bonchev–Trinajstić information content (AvgIpc) is 3.27. The SMILES string of the molecule is CCN(CC)C(=O)OCC1O[C@@H]2SC(N3CCCC3)=N[C@@H]2C(O)[C@@H]1O. The van der Waals surface area contributed by atoms with Crippen molar-refractivity contribution in [2.24, 2.45) is 4.99 Å². The number of carbonyl (C=O) groups is 1. The predicted molar refractivity (Wildman–Crippen MR) is 94.6 cm³/mol. The van der Waals surface area contributed by atoms with Gasteiger partial charge < -0.3 is 29.5 Å². The normalized spacial score (nSPS) is 34.6. The first-order chi connectivity index (χ1) is 12.0. The second kappa shape index (κ2) is 8.11. The minimum atomic E-state index is -1.13. The van der Waals surface area contributed by atoms with E-state index in [0.717, 1.165) is 31.1 Å². The van der Waals surface area contributed by atoms with Crippen LogP contribution in [-0.2, 0) is 9.47 Å². The number of rotatable bonds is 4. The third-order valence-electron chi connectivity index (χ3n) is 4.92. The van der Waals surface area contributed by atoms with Crippen molar-refractivity contribution < 1.29 is 24.5 Å². The smallest absolute Gasteiger partial charge is 0.409 e. The number of nitrogens with zero attached hydrogens (tertiary/aromatic N) is 3. The Balaban J connectivity index is 1.58. The summed E-state index contributed by atoms with van der Waals surface area (Å²) in [4.78, 5) is 20.3. The molecule has 142 valence electrons. The molecule has 1 amide bonds. The van der Waals surface area contributed by atoms with E-state index in [0.29, 0.717) is 13.1 Å². The maximum atomic E-state index is 12.0. The molecule has 0 aromatic rings. The molecule has 0 bridgehead atoms. The van der Waals surface area contributed by atoms with Crippen LogP contribution in [0.2, 0.25) is 0 Å². The Labute approximate surface area is 152 Å². The van der Waals surface area contributed by atoms with Crippen molar-refractivity contribution in [2.75, 3.05) is 32.8 Å². The number of fused-ring (bicyclic) bond motifs is 1. The molecule has 8 nitrogen and oxygen atoms in total. The fraction of sp³-hybridized carbons (Fsp3) is 0.875. The predicted octanol–water partition coefficient (Wildman–Crippen LogP) is 0.479. The topological polar surface area (TPSA) is 94.8 Å². The van der Waals surface area contributed by atoms with Crippen molar-refractivity contribution in [3.05, 3.63) is 0 Å². The number of ether oxygens (including phenoxy) is 2. The standard InChI is InChI=1S/C16H27N3O5S/c1-3-18(4-2)16(22)23-9-10-12(20)13(21)11-14(24-10)25-15(17-11)19-7-5-6-8-19/h10-14,20-21H,3-9H2,1-2H3/t10?,11-,12-,13?,14-/m1/s1. The number of likely N-dealkylation sites (tertiary alicyclic amines) is 1. The molecule has 2 saturated heterocycles. The zero-order valence-corrected chi connectivity index (χ0v) is 15.5. The van der Waals surface area contributed by atoms with Gasteiger partial charge in [-0.05, 0) is 26.7 Å². The summed E-state index contributed by atoms with van der Waals surface area (Å²) in [5.41, 5.74) is -0.355. The van der Waals surface area contributed by atoms with E-state index in [1.165, 1.54) is 11.8 Å². The van der Waals surface area contributed by atoms with Crippen molar-refractivity contribution in [1.82, 2.24) is 9.80 Å². The summed E-state index contributed by atoms with van der Waals surface area (Å²) < 4.78 is 11.1. The first-order valence-corrected chi connectivity index (χ1v) is 9.85. The van der Waals surface area contributed by atoms with Crippen LogP contribution < -0.4 is 0 Å². The van der Waals surface area contributed by atoms with Gasteiger partial charge in [0.15, 0.2) is 5.17 Å². The van der Waals surface area contributed by atoms with Gasteiger partial charge in [-0.3, -0.25) is 4.99 Å². The highest BCUT2D eigenvalue weighted by atomic mass is 32.2. The number of aliphatic hydroxyl groups excluding tert-OH is 2. The van der Waals surface area contributed by atoms with Gasteiger partial charge in [0, 0.05) is 26.2 Å². The Hall–Kier alpha value is -1.03. The second-order valence-corrected chi connectivity index (χ2v) is 7.55. The first kappa shape index (κ1) is 18.8. The summed E-state index contributed by atoms with van der Waals surface area (Å²) in [6.07, 6.45) is -1.06. The Kier molecular flexibility index (Phi) is 6.08. The van der Waals surface area contributed by atoms with Crippen LogP contribution in [-0.4, -0.2) is 93.8 Å². The monoisotopic (exact) mass is 373 g/mol. The van der Waals surface area contributed by atoms with Crippen molar-refractivity contribution in [3.63, 3.8) is 0 Å². The molecule has 25 heavy (non-hydrogen) atoms. The molecule has 2 N–H and O–H groups in total. The van der Waals surface area contributed by atoms with E-state index < -0.39 is 30.4 Å². The maximum absolute atomic E-state index is 12.0. The molecule has 5 atom stereocenters. The quantitative estimate of drug-likeness (QED) is 0.740. The zero-order valence-electron chi connectivity index (χ0n) is 14.7. The number of thioether (sulfide) groups is 1.